The highest BCUT2D eigenvalue weighted by Gasteiger charge is 2.01. The molecule has 1 aromatic rings. The van der Waals surface area contributed by atoms with Crippen LogP contribution >= 0.6 is 12.6 Å². The minimum absolute atomic E-state index is 0.118. The average Bonchev–Trinajstić information content (AvgIpc) is 2.15. The van der Waals surface area contributed by atoms with Crippen LogP contribution < -0.4 is 5.32 Å². The fraction of sp³-hybridized carbons (Fsp3) is 0.250. The topological polar surface area (TPSA) is 42.0 Å². The van der Waals surface area contributed by atoms with Crippen molar-refractivity contribution in [3.63, 3.8) is 0 Å². The molecule has 1 N–H and O–H groups in total. The zero-order valence-corrected chi connectivity index (χ0v) is 7.30. The van der Waals surface area contributed by atoms with Crippen LogP contribution in [0, 0.1) is 0 Å². The van der Waals surface area contributed by atoms with E-state index in [2.05, 4.69) is 10.3 Å². The molecule has 0 saturated carbocycles. The summed E-state index contributed by atoms with van der Waals surface area (Å²) in [6.45, 7) is 0.531. The van der Waals surface area contributed by atoms with Gasteiger partial charge in [-0.25, -0.2) is 0 Å². The molecule has 0 bridgehead atoms. The van der Waals surface area contributed by atoms with Crippen LogP contribution in [0.5, 0.6) is 0 Å². The molecule has 0 aliphatic carbocycles. The minimum Gasteiger partial charge on any atom is -0.351 e. The molecule has 0 fully saturated rings. The maximum Gasteiger partial charge on any atom is 0.252 e. The Hall–Kier alpha value is -1.03. The molecular formula is C8H9N2OS. The Balaban J connectivity index is 2.54. The Morgan fingerprint density at radius 1 is 1.67 bits per heavy atom. The maximum absolute atomic E-state index is 11.2. The number of rotatable bonds is 3. The number of nitrogens with one attached hydrogen (secondary N) is 1. The SMILES string of the molecule is O=C(NCC[S])c1cccnc1. The Morgan fingerprint density at radius 2 is 2.50 bits per heavy atom. The van der Waals surface area contributed by atoms with Crippen molar-refractivity contribution >= 4 is 18.5 Å². The van der Waals surface area contributed by atoms with E-state index >= 15 is 0 Å². The molecule has 12 heavy (non-hydrogen) atoms. The van der Waals surface area contributed by atoms with Gasteiger partial charge in [-0.05, 0) is 12.1 Å². The van der Waals surface area contributed by atoms with Gasteiger partial charge in [0.25, 0.3) is 5.91 Å². The van der Waals surface area contributed by atoms with E-state index in [1.165, 1.54) is 6.20 Å². The molecule has 0 aliphatic rings. The first-order valence-corrected chi connectivity index (χ1v) is 4.18. The summed E-state index contributed by atoms with van der Waals surface area (Å²) in [4.78, 5) is 15.0. The van der Waals surface area contributed by atoms with Crippen molar-refractivity contribution in [2.45, 2.75) is 0 Å². The maximum atomic E-state index is 11.2. The summed E-state index contributed by atoms with van der Waals surface area (Å²) < 4.78 is 0. The summed E-state index contributed by atoms with van der Waals surface area (Å²) in [5.74, 6) is 0.416. The van der Waals surface area contributed by atoms with Crippen LogP contribution in [0.25, 0.3) is 0 Å². The van der Waals surface area contributed by atoms with Crippen molar-refractivity contribution in [3.8, 4) is 0 Å². The van der Waals surface area contributed by atoms with Crippen molar-refractivity contribution in [1.29, 1.82) is 0 Å². The van der Waals surface area contributed by atoms with E-state index in [0.29, 0.717) is 17.9 Å². The van der Waals surface area contributed by atoms with Crippen LogP contribution in [0.4, 0.5) is 0 Å². The molecule has 63 valence electrons. The number of hydrogen-bond donors (Lipinski definition) is 1. The molecule has 0 spiro atoms. The van der Waals surface area contributed by atoms with Gasteiger partial charge in [0.05, 0.1) is 5.56 Å². The second-order valence-corrected chi connectivity index (χ2v) is 2.61. The lowest BCUT2D eigenvalue weighted by atomic mass is 10.3. The minimum atomic E-state index is -0.118. The molecule has 0 saturated heterocycles. The summed E-state index contributed by atoms with van der Waals surface area (Å²) in [5.41, 5.74) is 0.570. The number of pyridine rings is 1. The molecule has 1 amide bonds. The Morgan fingerprint density at radius 3 is 3.08 bits per heavy atom. The van der Waals surface area contributed by atoms with Crippen LogP contribution in [0.15, 0.2) is 24.5 Å². The molecular weight excluding hydrogens is 172 g/mol. The van der Waals surface area contributed by atoms with E-state index < -0.39 is 0 Å². The quantitative estimate of drug-likeness (QED) is 0.756. The molecule has 1 radical (unpaired) electrons. The van der Waals surface area contributed by atoms with Gasteiger partial charge in [-0.15, -0.1) is 0 Å². The third-order valence-corrected chi connectivity index (χ3v) is 1.52. The van der Waals surface area contributed by atoms with Gasteiger partial charge in [-0.1, -0.05) is 12.6 Å². The second-order valence-electron chi connectivity index (χ2n) is 2.20. The lowest BCUT2D eigenvalue weighted by Gasteiger charge is -2.00. The Labute approximate surface area is 76.6 Å². The first-order valence-electron chi connectivity index (χ1n) is 3.61. The molecule has 1 rings (SSSR count). The van der Waals surface area contributed by atoms with Crippen LogP contribution in [-0.4, -0.2) is 23.2 Å². The number of carbonyl (C=O) groups excluding carboxylic acids is 1. The Kier molecular flexibility index (Phi) is 3.60. The number of carbonyl (C=O) groups is 1. The summed E-state index contributed by atoms with van der Waals surface area (Å²) in [6, 6.07) is 3.44. The van der Waals surface area contributed by atoms with Crippen molar-refractivity contribution in [2.24, 2.45) is 0 Å². The van der Waals surface area contributed by atoms with Crippen molar-refractivity contribution < 1.29 is 4.79 Å². The van der Waals surface area contributed by atoms with E-state index in [0.717, 1.165) is 0 Å². The molecule has 1 aromatic heterocycles. The standard InChI is InChI=1S/C8H9N2OS/c11-8(10-4-5-12)7-2-1-3-9-6-7/h1-3,6H,4-5H2,(H,10,11). The molecule has 0 unspecified atom stereocenters. The predicted molar refractivity (Wildman–Crippen MR) is 49.0 cm³/mol. The van der Waals surface area contributed by atoms with Gasteiger partial charge in [0.15, 0.2) is 0 Å². The van der Waals surface area contributed by atoms with Crippen molar-refractivity contribution in [1.82, 2.24) is 10.3 Å². The van der Waals surface area contributed by atoms with Gasteiger partial charge in [-0.3, -0.25) is 9.78 Å². The normalized spacial score (nSPS) is 9.42. The summed E-state index contributed by atoms with van der Waals surface area (Å²) in [7, 11) is 0. The van der Waals surface area contributed by atoms with Crippen LogP contribution in [0.1, 0.15) is 10.4 Å². The number of amides is 1. The molecule has 4 heteroatoms. The molecule has 0 atom stereocenters. The number of nitrogens with zero attached hydrogens (tertiary/aromatic N) is 1. The highest BCUT2D eigenvalue weighted by molar-refractivity contribution is 7.80. The highest BCUT2D eigenvalue weighted by Crippen LogP contribution is 1.94. The number of hydrogen-bond acceptors (Lipinski definition) is 2. The van der Waals surface area contributed by atoms with E-state index in [1.54, 1.807) is 18.3 Å². The zero-order valence-electron chi connectivity index (χ0n) is 6.49. The zero-order chi connectivity index (χ0) is 8.81. The molecule has 3 nitrogen and oxygen atoms in total. The van der Waals surface area contributed by atoms with Crippen molar-refractivity contribution in [3.05, 3.63) is 30.1 Å². The van der Waals surface area contributed by atoms with E-state index in [9.17, 15) is 4.79 Å². The van der Waals surface area contributed by atoms with Crippen molar-refractivity contribution in [2.75, 3.05) is 12.3 Å². The van der Waals surface area contributed by atoms with Crippen LogP contribution in [0.2, 0.25) is 0 Å². The fourth-order valence-electron chi connectivity index (χ4n) is 0.764. The summed E-state index contributed by atoms with van der Waals surface area (Å²) in [5, 5.41) is 2.67. The molecule has 0 aliphatic heterocycles. The van der Waals surface area contributed by atoms with E-state index in [-0.39, 0.29) is 5.91 Å². The third kappa shape index (κ3) is 2.54. The molecule has 0 aromatic carbocycles. The molecule has 1 heterocycles. The monoisotopic (exact) mass is 181 g/mol. The lowest BCUT2D eigenvalue weighted by molar-refractivity contribution is 0.0956. The van der Waals surface area contributed by atoms with Gasteiger partial charge in [0, 0.05) is 24.7 Å². The van der Waals surface area contributed by atoms with E-state index in [1.807, 2.05) is 0 Å². The number of aromatic nitrogens is 1. The predicted octanol–water partition coefficient (Wildman–Crippen LogP) is 1.01. The average molecular weight is 181 g/mol. The van der Waals surface area contributed by atoms with Gasteiger partial charge < -0.3 is 5.32 Å². The third-order valence-electron chi connectivity index (χ3n) is 1.31. The highest BCUT2D eigenvalue weighted by atomic mass is 32.1. The smallest absolute Gasteiger partial charge is 0.252 e. The van der Waals surface area contributed by atoms with Gasteiger partial charge >= 0.3 is 0 Å². The first-order chi connectivity index (χ1) is 5.84. The largest absolute Gasteiger partial charge is 0.351 e. The Bertz CT molecular complexity index is 250. The van der Waals surface area contributed by atoms with Gasteiger partial charge in [0.1, 0.15) is 0 Å². The first kappa shape index (κ1) is 9.06. The van der Waals surface area contributed by atoms with Gasteiger partial charge in [-0.2, -0.15) is 0 Å². The van der Waals surface area contributed by atoms with Crippen LogP contribution in [-0.2, 0) is 0 Å². The summed E-state index contributed by atoms with van der Waals surface area (Å²) in [6.07, 6.45) is 3.16. The summed E-state index contributed by atoms with van der Waals surface area (Å²) >= 11 is 4.69. The fourth-order valence-corrected chi connectivity index (χ4v) is 0.866. The van der Waals surface area contributed by atoms with Crippen LogP contribution in [0.3, 0.4) is 0 Å². The van der Waals surface area contributed by atoms with E-state index in [4.69, 9.17) is 12.6 Å². The second kappa shape index (κ2) is 4.77. The van der Waals surface area contributed by atoms with Gasteiger partial charge in [0.2, 0.25) is 0 Å². The lowest BCUT2D eigenvalue weighted by Crippen LogP contribution is -2.25.